The van der Waals surface area contributed by atoms with E-state index < -0.39 is 0 Å². The van der Waals surface area contributed by atoms with Crippen molar-refractivity contribution in [2.45, 2.75) is 51.1 Å². The lowest BCUT2D eigenvalue weighted by Gasteiger charge is -2.36. The van der Waals surface area contributed by atoms with Crippen LogP contribution in [0, 0.1) is 0 Å². The van der Waals surface area contributed by atoms with Gasteiger partial charge in [-0.3, -0.25) is 9.89 Å². The Kier molecular flexibility index (Phi) is 12.1. The van der Waals surface area contributed by atoms with Gasteiger partial charge in [-0.1, -0.05) is 18.6 Å². The molecule has 2 fully saturated rings. The molecular weight excluding hydrogens is 533 g/mol. The molecule has 8 nitrogen and oxygen atoms in total. The second-order valence-electron chi connectivity index (χ2n) is 8.44. The first-order chi connectivity index (χ1) is 15.6. The van der Waals surface area contributed by atoms with Gasteiger partial charge in [0.1, 0.15) is 5.75 Å². The summed E-state index contributed by atoms with van der Waals surface area (Å²) in [6.45, 7) is 6.69. The molecule has 0 bridgehead atoms. The van der Waals surface area contributed by atoms with E-state index in [0.717, 1.165) is 44.2 Å². The molecule has 0 saturated carbocycles. The maximum Gasteiger partial charge on any atom is 0.409 e. The van der Waals surface area contributed by atoms with E-state index in [0.29, 0.717) is 25.7 Å². The SMILES string of the molecule is CCOC(=O)N1CCC(NC(=NC)NCC(c2ccc(OC)cc2)N2CCCCC2)CC1.I. The fourth-order valence-electron chi connectivity index (χ4n) is 4.52. The predicted molar refractivity (Wildman–Crippen MR) is 143 cm³/mol. The third-order valence-electron chi connectivity index (χ3n) is 6.38. The number of likely N-dealkylation sites (tertiary alicyclic amines) is 2. The summed E-state index contributed by atoms with van der Waals surface area (Å²) in [6.07, 6.45) is 5.36. The van der Waals surface area contributed by atoms with Gasteiger partial charge in [-0.15, -0.1) is 24.0 Å². The second-order valence-corrected chi connectivity index (χ2v) is 8.44. The van der Waals surface area contributed by atoms with Crippen LogP contribution in [0.25, 0.3) is 0 Å². The lowest BCUT2D eigenvalue weighted by Crippen LogP contribution is -2.51. The Balaban J connectivity index is 0.00000385. The van der Waals surface area contributed by atoms with Crippen molar-refractivity contribution in [1.82, 2.24) is 20.4 Å². The smallest absolute Gasteiger partial charge is 0.409 e. The van der Waals surface area contributed by atoms with E-state index >= 15 is 0 Å². The van der Waals surface area contributed by atoms with Crippen molar-refractivity contribution in [3.8, 4) is 5.75 Å². The van der Waals surface area contributed by atoms with E-state index in [4.69, 9.17) is 9.47 Å². The zero-order chi connectivity index (χ0) is 22.8. The van der Waals surface area contributed by atoms with Crippen LogP contribution in [-0.2, 0) is 4.74 Å². The number of carbonyl (C=O) groups is 1. The minimum absolute atomic E-state index is 0. The molecular formula is C24H40IN5O3. The van der Waals surface area contributed by atoms with Gasteiger partial charge in [0.25, 0.3) is 0 Å². The van der Waals surface area contributed by atoms with Gasteiger partial charge in [0.05, 0.1) is 19.8 Å². The summed E-state index contributed by atoms with van der Waals surface area (Å²) in [6, 6.07) is 8.99. The zero-order valence-corrected chi connectivity index (χ0v) is 22.5. The molecule has 1 aromatic rings. The Morgan fingerprint density at radius 2 is 1.79 bits per heavy atom. The van der Waals surface area contributed by atoms with Crippen molar-refractivity contribution in [3.63, 3.8) is 0 Å². The third kappa shape index (κ3) is 8.20. The van der Waals surface area contributed by atoms with Crippen molar-refractivity contribution in [2.24, 2.45) is 4.99 Å². The average Bonchev–Trinajstić information content (AvgIpc) is 2.85. The predicted octanol–water partition coefficient (Wildman–Crippen LogP) is 3.63. The first kappa shape index (κ1) is 27.5. The second kappa shape index (κ2) is 14.5. The summed E-state index contributed by atoms with van der Waals surface area (Å²) in [5.41, 5.74) is 1.29. The minimum atomic E-state index is -0.211. The van der Waals surface area contributed by atoms with Crippen molar-refractivity contribution >= 4 is 36.0 Å². The number of piperidine rings is 2. The van der Waals surface area contributed by atoms with Gasteiger partial charge >= 0.3 is 6.09 Å². The molecule has 0 aromatic heterocycles. The van der Waals surface area contributed by atoms with Gasteiger partial charge in [0, 0.05) is 32.7 Å². The standard InChI is InChI=1S/C24H39N5O3.HI/c1-4-32-24(30)29-16-12-20(13-17-29)27-23(25-2)26-18-22(28-14-6-5-7-15-28)19-8-10-21(31-3)11-9-19;/h8-11,20,22H,4-7,12-18H2,1-3H3,(H2,25,26,27);1H. The number of methoxy groups -OCH3 is 1. The largest absolute Gasteiger partial charge is 0.497 e. The Hall–Kier alpha value is -1.75. The molecule has 0 radical (unpaired) electrons. The maximum atomic E-state index is 11.9. The molecule has 2 aliphatic heterocycles. The number of ether oxygens (including phenoxy) is 2. The summed E-state index contributed by atoms with van der Waals surface area (Å²) >= 11 is 0. The number of hydrogen-bond donors (Lipinski definition) is 2. The molecule has 2 saturated heterocycles. The third-order valence-corrected chi connectivity index (χ3v) is 6.38. The number of rotatable bonds is 7. The Bertz CT molecular complexity index is 732. The van der Waals surface area contributed by atoms with Crippen LogP contribution in [0.15, 0.2) is 29.3 Å². The topological polar surface area (TPSA) is 78.4 Å². The summed E-state index contributed by atoms with van der Waals surface area (Å²) in [5.74, 6) is 1.70. The van der Waals surface area contributed by atoms with Crippen LogP contribution in [-0.4, -0.2) is 81.4 Å². The van der Waals surface area contributed by atoms with E-state index in [2.05, 4.69) is 32.7 Å². The highest BCUT2D eigenvalue weighted by Crippen LogP contribution is 2.26. The summed E-state index contributed by atoms with van der Waals surface area (Å²) in [4.78, 5) is 20.7. The number of nitrogens with zero attached hydrogens (tertiary/aromatic N) is 3. The van der Waals surface area contributed by atoms with E-state index in [9.17, 15) is 4.79 Å². The number of carbonyl (C=O) groups excluding carboxylic acids is 1. The highest BCUT2D eigenvalue weighted by Gasteiger charge is 2.25. The summed E-state index contributed by atoms with van der Waals surface area (Å²) in [7, 11) is 3.51. The van der Waals surface area contributed by atoms with E-state index in [1.807, 2.05) is 26.1 Å². The number of halogens is 1. The number of nitrogens with one attached hydrogen (secondary N) is 2. The molecule has 1 unspecified atom stereocenters. The van der Waals surface area contributed by atoms with Crippen LogP contribution in [0.1, 0.15) is 50.6 Å². The molecule has 1 amide bonds. The van der Waals surface area contributed by atoms with Crippen LogP contribution in [0.5, 0.6) is 5.75 Å². The quantitative estimate of drug-likeness (QED) is 0.295. The van der Waals surface area contributed by atoms with Crippen LogP contribution in [0.4, 0.5) is 4.79 Å². The minimum Gasteiger partial charge on any atom is -0.497 e. The molecule has 2 heterocycles. The number of amides is 1. The van der Waals surface area contributed by atoms with Gasteiger partial charge in [-0.25, -0.2) is 4.79 Å². The van der Waals surface area contributed by atoms with E-state index in [1.54, 1.807) is 12.0 Å². The van der Waals surface area contributed by atoms with Gasteiger partial charge in [0.15, 0.2) is 5.96 Å². The molecule has 186 valence electrons. The number of guanidine groups is 1. The normalized spacial score (nSPS) is 18.8. The molecule has 1 aromatic carbocycles. The van der Waals surface area contributed by atoms with Gasteiger partial charge in [-0.05, 0) is 63.4 Å². The summed E-state index contributed by atoms with van der Waals surface area (Å²) in [5, 5.41) is 7.10. The molecule has 0 aliphatic carbocycles. The van der Waals surface area contributed by atoms with Crippen LogP contribution in [0.3, 0.4) is 0 Å². The lowest BCUT2D eigenvalue weighted by molar-refractivity contribution is 0.0963. The van der Waals surface area contributed by atoms with E-state index in [-0.39, 0.29) is 36.1 Å². The van der Waals surface area contributed by atoms with Crippen molar-refractivity contribution < 1.29 is 14.3 Å². The molecule has 2 N–H and O–H groups in total. The lowest BCUT2D eigenvalue weighted by atomic mass is 10.0. The van der Waals surface area contributed by atoms with E-state index in [1.165, 1.54) is 24.8 Å². The molecule has 3 rings (SSSR count). The van der Waals surface area contributed by atoms with Crippen molar-refractivity contribution in [2.75, 3.05) is 53.5 Å². The van der Waals surface area contributed by atoms with Gasteiger partial charge in [0.2, 0.25) is 0 Å². The van der Waals surface area contributed by atoms with Crippen LogP contribution >= 0.6 is 24.0 Å². The fourth-order valence-corrected chi connectivity index (χ4v) is 4.52. The first-order valence-electron chi connectivity index (χ1n) is 11.9. The van der Waals surface area contributed by atoms with Crippen molar-refractivity contribution in [3.05, 3.63) is 29.8 Å². The maximum absolute atomic E-state index is 11.9. The van der Waals surface area contributed by atoms with Crippen molar-refractivity contribution in [1.29, 1.82) is 0 Å². The Labute approximate surface area is 215 Å². The first-order valence-corrected chi connectivity index (χ1v) is 11.9. The molecule has 2 aliphatic rings. The highest BCUT2D eigenvalue weighted by molar-refractivity contribution is 14.0. The highest BCUT2D eigenvalue weighted by atomic mass is 127. The van der Waals surface area contributed by atoms with Crippen LogP contribution in [0.2, 0.25) is 0 Å². The molecule has 9 heteroatoms. The zero-order valence-electron chi connectivity index (χ0n) is 20.2. The number of benzene rings is 1. The molecule has 1 atom stereocenters. The van der Waals surface area contributed by atoms with Gasteiger partial charge < -0.3 is 25.0 Å². The fraction of sp³-hybridized carbons (Fsp3) is 0.667. The molecule has 33 heavy (non-hydrogen) atoms. The Morgan fingerprint density at radius 1 is 1.12 bits per heavy atom. The average molecular weight is 574 g/mol. The molecule has 0 spiro atoms. The Morgan fingerprint density at radius 3 is 2.36 bits per heavy atom. The monoisotopic (exact) mass is 573 g/mol. The summed E-state index contributed by atoms with van der Waals surface area (Å²) < 4.78 is 10.5. The number of aliphatic imine (C=N–C) groups is 1. The number of hydrogen-bond acceptors (Lipinski definition) is 5. The van der Waals surface area contributed by atoms with Crippen LogP contribution < -0.4 is 15.4 Å². The van der Waals surface area contributed by atoms with Gasteiger partial charge in [-0.2, -0.15) is 0 Å².